The molecule has 2 rings (SSSR count). The van der Waals surface area contributed by atoms with Gasteiger partial charge < -0.3 is 10.0 Å². The zero-order valence-corrected chi connectivity index (χ0v) is 9.54. The number of amides is 1. The molecule has 90 valence electrons. The van der Waals surface area contributed by atoms with Crippen LogP contribution < -0.4 is 0 Å². The van der Waals surface area contributed by atoms with E-state index in [-0.39, 0.29) is 12.3 Å². The molecule has 1 aromatic heterocycles. The molecule has 1 saturated heterocycles. The summed E-state index contributed by atoms with van der Waals surface area (Å²) in [6.07, 6.45) is 3.33. The maximum absolute atomic E-state index is 11.7. The van der Waals surface area contributed by atoms with Crippen LogP contribution in [0.25, 0.3) is 0 Å². The molecule has 0 radical (unpaired) electrons. The number of rotatable bonds is 3. The summed E-state index contributed by atoms with van der Waals surface area (Å²) in [5.41, 5.74) is 0.785. The summed E-state index contributed by atoms with van der Waals surface area (Å²) in [4.78, 5) is 28.5. The summed E-state index contributed by atoms with van der Waals surface area (Å²) in [6, 6.07) is 3.18. The molecule has 1 aliphatic heterocycles. The average molecular weight is 234 g/mol. The van der Waals surface area contributed by atoms with Crippen molar-refractivity contribution in [2.75, 3.05) is 6.54 Å². The van der Waals surface area contributed by atoms with E-state index in [4.69, 9.17) is 0 Å². The van der Waals surface area contributed by atoms with E-state index in [1.165, 1.54) is 0 Å². The van der Waals surface area contributed by atoms with E-state index in [0.717, 1.165) is 5.56 Å². The minimum Gasteiger partial charge on any atom is -0.481 e. The molecule has 0 spiro atoms. The number of carbonyl (C=O) groups excluding carboxylic acids is 1. The van der Waals surface area contributed by atoms with Crippen LogP contribution in [0, 0.1) is 5.92 Å². The summed E-state index contributed by atoms with van der Waals surface area (Å²) in [5, 5.41) is 9.18. The average Bonchev–Trinajstić information content (AvgIpc) is 2.67. The number of hydrogen-bond donors (Lipinski definition) is 1. The van der Waals surface area contributed by atoms with Crippen molar-refractivity contribution in [2.45, 2.75) is 19.4 Å². The van der Waals surface area contributed by atoms with Crippen molar-refractivity contribution in [1.82, 2.24) is 9.88 Å². The lowest BCUT2D eigenvalue weighted by Gasteiger charge is -2.25. The summed E-state index contributed by atoms with van der Waals surface area (Å²) in [6.45, 7) is 2.37. The fourth-order valence-electron chi connectivity index (χ4n) is 2.35. The quantitative estimate of drug-likeness (QED) is 0.849. The number of aromatic nitrogens is 1. The number of hydrogen-bond acceptors (Lipinski definition) is 3. The minimum absolute atomic E-state index is 0.0722. The van der Waals surface area contributed by atoms with Crippen molar-refractivity contribution in [3.05, 3.63) is 30.1 Å². The maximum Gasteiger partial charge on any atom is 0.309 e. The highest BCUT2D eigenvalue weighted by atomic mass is 16.4. The largest absolute Gasteiger partial charge is 0.481 e. The van der Waals surface area contributed by atoms with Crippen molar-refractivity contribution in [3.8, 4) is 0 Å². The van der Waals surface area contributed by atoms with E-state index in [2.05, 4.69) is 4.98 Å². The van der Waals surface area contributed by atoms with E-state index >= 15 is 0 Å². The Balaban J connectivity index is 2.39. The van der Waals surface area contributed by atoms with Crippen LogP contribution >= 0.6 is 0 Å². The molecule has 1 N–H and O–H groups in total. The molecule has 1 aromatic rings. The van der Waals surface area contributed by atoms with Gasteiger partial charge >= 0.3 is 5.97 Å². The third kappa shape index (κ3) is 2.00. The summed E-state index contributed by atoms with van der Waals surface area (Å²) < 4.78 is 0. The highest BCUT2D eigenvalue weighted by molar-refractivity contribution is 5.87. The van der Waals surface area contributed by atoms with Gasteiger partial charge in [0.25, 0.3) is 0 Å². The highest BCUT2D eigenvalue weighted by Crippen LogP contribution is 2.37. The van der Waals surface area contributed by atoms with E-state index < -0.39 is 17.9 Å². The van der Waals surface area contributed by atoms with Gasteiger partial charge in [0.2, 0.25) is 5.91 Å². The summed E-state index contributed by atoms with van der Waals surface area (Å²) >= 11 is 0. The molecule has 2 heterocycles. The van der Waals surface area contributed by atoms with Gasteiger partial charge in [0.15, 0.2) is 0 Å². The standard InChI is InChI=1S/C12H14N2O3/c1-2-14-10(15)6-9(12(16)17)11(14)8-4-3-5-13-7-8/h3-5,7,9,11H,2,6H2,1H3,(H,16,17)/t9-,11-/m0/s1. The Labute approximate surface area is 99.1 Å². The fourth-order valence-corrected chi connectivity index (χ4v) is 2.35. The van der Waals surface area contributed by atoms with E-state index in [1.807, 2.05) is 13.0 Å². The van der Waals surface area contributed by atoms with Crippen LogP contribution in [0.1, 0.15) is 24.9 Å². The van der Waals surface area contributed by atoms with Gasteiger partial charge in [-0.15, -0.1) is 0 Å². The normalized spacial score (nSPS) is 24.1. The van der Waals surface area contributed by atoms with Crippen molar-refractivity contribution < 1.29 is 14.7 Å². The number of carbonyl (C=O) groups is 2. The lowest BCUT2D eigenvalue weighted by atomic mass is 9.95. The molecule has 5 nitrogen and oxygen atoms in total. The Morgan fingerprint density at radius 2 is 2.41 bits per heavy atom. The smallest absolute Gasteiger partial charge is 0.309 e. The second-order valence-corrected chi connectivity index (χ2v) is 4.06. The molecule has 0 unspecified atom stereocenters. The number of nitrogens with zero attached hydrogens (tertiary/aromatic N) is 2. The molecule has 17 heavy (non-hydrogen) atoms. The Hall–Kier alpha value is -1.91. The topological polar surface area (TPSA) is 70.5 Å². The number of carboxylic acids is 1. The maximum atomic E-state index is 11.7. The monoisotopic (exact) mass is 234 g/mol. The second-order valence-electron chi connectivity index (χ2n) is 4.06. The van der Waals surface area contributed by atoms with E-state index in [9.17, 15) is 14.7 Å². The molecule has 0 aliphatic carbocycles. The Kier molecular flexibility index (Phi) is 3.08. The van der Waals surface area contributed by atoms with Gasteiger partial charge in [-0.1, -0.05) is 6.07 Å². The third-order valence-electron chi connectivity index (χ3n) is 3.12. The van der Waals surface area contributed by atoms with Gasteiger partial charge in [-0.05, 0) is 18.6 Å². The first kappa shape index (κ1) is 11.6. The van der Waals surface area contributed by atoms with Crippen LogP contribution in [0.15, 0.2) is 24.5 Å². The number of carboxylic acid groups (broad SMARTS) is 1. The van der Waals surface area contributed by atoms with Gasteiger partial charge in [-0.3, -0.25) is 14.6 Å². The number of likely N-dealkylation sites (tertiary alicyclic amines) is 1. The molecule has 0 bridgehead atoms. The highest BCUT2D eigenvalue weighted by Gasteiger charge is 2.43. The van der Waals surface area contributed by atoms with Crippen molar-refractivity contribution in [1.29, 1.82) is 0 Å². The molecule has 2 atom stereocenters. The Bertz CT molecular complexity index is 433. The van der Waals surface area contributed by atoms with Gasteiger partial charge in [0, 0.05) is 25.4 Å². The summed E-state index contributed by atoms with van der Waals surface area (Å²) in [7, 11) is 0. The Morgan fingerprint density at radius 1 is 1.65 bits per heavy atom. The van der Waals surface area contributed by atoms with Crippen LogP contribution in [0.2, 0.25) is 0 Å². The van der Waals surface area contributed by atoms with E-state index in [0.29, 0.717) is 6.54 Å². The first-order valence-corrected chi connectivity index (χ1v) is 5.57. The van der Waals surface area contributed by atoms with Gasteiger partial charge in [-0.2, -0.15) is 0 Å². The van der Waals surface area contributed by atoms with Crippen molar-refractivity contribution in [3.63, 3.8) is 0 Å². The van der Waals surface area contributed by atoms with Gasteiger partial charge in [0.1, 0.15) is 0 Å². The second kappa shape index (κ2) is 4.53. The first-order valence-electron chi connectivity index (χ1n) is 5.57. The van der Waals surface area contributed by atoms with Crippen LogP contribution in [0.4, 0.5) is 0 Å². The number of pyridine rings is 1. The van der Waals surface area contributed by atoms with Crippen LogP contribution in [-0.2, 0) is 9.59 Å². The molecular formula is C12H14N2O3. The zero-order valence-electron chi connectivity index (χ0n) is 9.54. The molecule has 1 fully saturated rings. The van der Waals surface area contributed by atoms with Crippen LogP contribution in [0.3, 0.4) is 0 Å². The molecule has 1 amide bonds. The lowest BCUT2D eigenvalue weighted by Crippen LogP contribution is -2.30. The molecule has 0 aromatic carbocycles. The molecule has 0 saturated carbocycles. The molecule has 5 heteroatoms. The molecular weight excluding hydrogens is 220 g/mol. The fraction of sp³-hybridized carbons (Fsp3) is 0.417. The van der Waals surface area contributed by atoms with Crippen LogP contribution in [0.5, 0.6) is 0 Å². The van der Waals surface area contributed by atoms with Gasteiger partial charge in [-0.25, -0.2) is 0 Å². The predicted molar refractivity (Wildman–Crippen MR) is 60.1 cm³/mol. The predicted octanol–water partition coefficient (Wildman–Crippen LogP) is 1.08. The van der Waals surface area contributed by atoms with Crippen LogP contribution in [-0.4, -0.2) is 33.4 Å². The zero-order chi connectivity index (χ0) is 12.4. The third-order valence-corrected chi connectivity index (χ3v) is 3.12. The Morgan fingerprint density at radius 3 is 2.94 bits per heavy atom. The first-order chi connectivity index (χ1) is 8.15. The summed E-state index contributed by atoms with van der Waals surface area (Å²) in [5.74, 6) is -1.71. The van der Waals surface area contributed by atoms with Gasteiger partial charge in [0.05, 0.1) is 12.0 Å². The number of aliphatic carboxylic acids is 1. The van der Waals surface area contributed by atoms with Crippen molar-refractivity contribution in [2.24, 2.45) is 5.92 Å². The minimum atomic E-state index is -0.928. The van der Waals surface area contributed by atoms with Crippen molar-refractivity contribution >= 4 is 11.9 Å². The molecule has 1 aliphatic rings. The lowest BCUT2D eigenvalue weighted by molar-refractivity contribution is -0.142. The SMILES string of the molecule is CCN1C(=O)C[C@H](C(=O)O)[C@@H]1c1cccnc1. The van der Waals surface area contributed by atoms with E-state index in [1.54, 1.807) is 23.4 Å².